The zero-order chi connectivity index (χ0) is 41.7. The van der Waals surface area contributed by atoms with E-state index in [2.05, 4.69) is 223 Å². The average molecular weight is 806 g/mol. The minimum Gasteiger partial charge on any atom is -0.456 e. The van der Waals surface area contributed by atoms with E-state index in [1.807, 2.05) is 18.2 Å². The van der Waals surface area contributed by atoms with E-state index in [4.69, 9.17) is 8.83 Å². The summed E-state index contributed by atoms with van der Waals surface area (Å²) < 4.78 is 12.7. The highest BCUT2D eigenvalue weighted by molar-refractivity contribution is 6.13. The van der Waals surface area contributed by atoms with Crippen LogP contribution >= 0.6 is 0 Å². The van der Waals surface area contributed by atoms with Crippen molar-refractivity contribution in [3.8, 4) is 55.6 Å². The molecule has 0 spiro atoms. The fourth-order valence-electron chi connectivity index (χ4n) is 9.19. The number of anilines is 3. The number of benzene rings is 10. The molecule has 0 saturated carbocycles. The molecule has 10 aromatic carbocycles. The molecule has 0 N–H and O–H groups in total. The first-order chi connectivity index (χ1) is 31.2. The van der Waals surface area contributed by atoms with Crippen molar-refractivity contribution in [3.05, 3.63) is 237 Å². The summed E-state index contributed by atoms with van der Waals surface area (Å²) in [5.74, 6) is 0. The van der Waals surface area contributed by atoms with Gasteiger partial charge < -0.3 is 13.7 Å². The zero-order valence-electron chi connectivity index (χ0n) is 34.3. The highest BCUT2D eigenvalue weighted by Crippen LogP contribution is 2.42. The van der Waals surface area contributed by atoms with Gasteiger partial charge in [-0.3, -0.25) is 0 Å². The number of hydrogen-bond donors (Lipinski definition) is 0. The van der Waals surface area contributed by atoms with Gasteiger partial charge in [0.05, 0.1) is 0 Å². The quantitative estimate of drug-likeness (QED) is 0.153. The third-order valence-corrected chi connectivity index (χ3v) is 12.3. The van der Waals surface area contributed by atoms with Gasteiger partial charge in [-0.15, -0.1) is 0 Å². The van der Waals surface area contributed by atoms with E-state index >= 15 is 0 Å². The Morgan fingerprint density at radius 2 is 0.698 bits per heavy atom. The molecule has 0 atom stereocenters. The second-order valence-corrected chi connectivity index (χ2v) is 16.1. The predicted molar refractivity (Wildman–Crippen MR) is 263 cm³/mol. The number of rotatable bonds is 8. The van der Waals surface area contributed by atoms with E-state index < -0.39 is 0 Å². The predicted octanol–water partition coefficient (Wildman–Crippen LogP) is 17.3. The lowest BCUT2D eigenvalue weighted by Crippen LogP contribution is -2.09. The van der Waals surface area contributed by atoms with Gasteiger partial charge in [0.1, 0.15) is 22.3 Å². The third-order valence-electron chi connectivity index (χ3n) is 12.3. The third kappa shape index (κ3) is 6.55. The van der Waals surface area contributed by atoms with Crippen molar-refractivity contribution >= 4 is 60.9 Å². The lowest BCUT2D eigenvalue weighted by Gasteiger charge is -2.26. The molecule has 0 aliphatic carbocycles. The van der Waals surface area contributed by atoms with Gasteiger partial charge in [-0.05, 0) is 117 Å². The zero-order valence-corrected chi connectivity index (χ0v) is 34.3. The van der Waals surface area contributed by atoms with Crippen LogP contribution in [0.4, 0.5) is 17.1 Å². The molecule has 0 fully saturated rings. The monoisotopic (exact) mass is 805 g/mol. The van der Waals surface area contributed by atoms with Crippen LogP contribution in [0.1, 0.15) is 0 Å². The average Bonchev–Trinajstić information content (AvgIpc) is 3.94. The molecule has 3 nitrogen and oxygen atoms in total. The van der Waals surface area contributed by atoms with Gasteiger partial charge in [0.15, 0.2) is 0 Å². The molecule has 0 amide bonds. The first kappa shape index (κ1) is 36.5. The van der Waals surface area contributed by atoms with Gasteiger partial charge in [0, 0.05) is 44.2 Å². The summed E-state index contributed by atoms with van der Waals surface area (Å²) in [6.45, 7) is 0. The number of furan rings is 2. The van der Waals surface area contributed by atoms with Crippen molar-refractivity contribution in [1.29, 1.82) is 0 Å². The highest BCUT2D eigenvalue weighted by atomic mass is 16.3. The van der Waals surface area contributed by atoms with Crippen molar-refractivity contribution in [2.24, 2.45) is 0 Å². The molecule has 2 aromatic heterocycles. The van der Waals surface area contributed by atoms with Crippen LogP contribution in [0, 0.1) is 0 Å². The molecule has 296 valence electrons. The molecule has 0 radical (unpaired) electrons. The van der Waals surface area contributed by atoms with E-state index in [9.17, 15) is 0 Å². The molecule has 0 aliphatic heterocycles. The molecule has 12 aromatic rings. The topological polar surface area (TPSA) is 29.5 Å². The standard InChI is InChI=1S/C60H39NO2/c1-3-12-40(13-4-1)45-16-9-17-46(38-45)41-24-31-48(32-25-41)61(50-35-28-44(29-36-50)51-19-11-23-58-59(51)54-18-7-8-22-56(54)62-58)49-33-26-42(27-34-49)47-30-37-57-55(39-47)53-21-10-20-52(60(53)63-57)43-14-5-2-6-15-43/h1-39H. The maximum atomic E-state index is 6.50. The van der Waals surface area contributed by atoms with E-state index in [-0.39, 0.29) is 0 Å². The lowest BCUT2D eigenvalue weighted by atomic mass is 9.98. The van der Waals surface area contributed by atoms with Crippen molar-refractivity contribution in [2.45, 2.75) is 0 Å². The van der Waals surface area contributed by atoms with Crippen LogP contribution in [0.3, 0.4) is 0 Å². The highest BCUT2D eigenvalue weighted by Gasteiger charge is 2.17. The largest absolute Gasteiger partial charge is 0.456 e. The summed E-state index contributed by atoms with van der Waals surface area (Å²) >= 11 is 0. The molecule has 3 heteroatoms. The Balaban J connectivity index is 0.919. The van der Waals surface area contributed by atoms with E-state index in [1.165, 1.54) is 22.3 Å². The fourth-order valence-corrected chi connectivity index (χ4v) is 9.19. The van der Waals surface area contributed by atoms with Gasteiger partial charge in [0.25, 0.3) is 0 Å². The van der Waals surface area contributed by atoms with Crippen LogP contribution in [0.2, 0.25) is 0 Å². The smallest absolute Gasteiger partial charge is 0.143 e. The molecule has 2 heterocycles. The van der Waals surface area contributed by atoms with E-state index in [1.54, 1.807) is 0 Å². The summed E-state index contributed by atoms with van der Waals surface area (Å²) in [4.78, 5) is 2.34. The lowest BCUT2D eigenvalue weighted by molar-refractivity contribution is 0.669. The minimum absolute atomic E-state index is 0.885. The molecule has 0 saturated heterocycles. The molecule has 0 aliphatic rings. The SMILES string of the molecule is c1ccc(-c2cccc(-c3ccc(N(c4ccc(-c5ccc6oc7c(-c8ccccc8)cccc7c6c5)cc4)c4ccc(-c5cccc6oc7ccccc7c56)cc4)cc3)c2)cc1. The van der Waals surface area contributed by atoms with Crippen LogP contribution in [-0.4, -0.2) is 0 Å². The summed E-state index contributed by atoms with van der Waals surface area (Å²) in [6.07, 6.45) is 0. The molecular weight excluding hydrogens is 767 g/mol. The maximum absolute atomic E-state index is 6.50. The molecule has 0 unspecified atom stereocenters. The molecular formula is C60H39NO2. The van der Waals surface area contributed by atoms with E-state index in [0.717, 1.165) is 94.3 Å². The van der Waals surface area contributed by atoms with Crippen LogP contribution in [0.5, 0.6) is 0 Å². The molecule has 63 heavy (non-hydrogen) atoms. The second-order valence-electron chi connectivity index (χ2n) is 16.1. The summed E-state index contributed by atoms with van der Waals surface area (Å²) in [5, 5.41) is 4.49. The minimum atomic E-state index is 0.885. The second kappa shape index (κ2) is 15.3. The van der Waals surface area contributed by atoms with Crippen molar-refractivity contribution in [2.75, 3.05) is 4.90 Å². The number of para-hydroxylation sites is 2. The van der Waals surface area contributed by atoms with Crippen LogP contribution in [0.15, 0.2) is 245 Å². The van der Waals surface area contributed by atoms with Gasteiger partial charge >= 0.3 is 0 Å². The Morgan fingerprint density at radius 1 is 0.254 bits per heavy atom. The van der Waals surface area contributed by atoms with Crippen molar-refractivity contribution < 1.29 is 8.83 Å². The Morgan fingerprint density at radius 3 is 1.38 bits per heavy atom. The normalized spacial score (nSPS) is 11.5. The summed E-state index contributed by atoms with van der Waals surface area (Å²) in [7, 11) is 0. The first-order valence-electron chi connectivity index (χ1n) is 21.4. The summed E-state index contributed by atoms with van der Waals surface area (Å²) in [5.41, 5.74) is 18.4. The van der Waals surface area contributed by atoms with E-state index in [0.29, 0.717) is 0 Å². The Labute approximate surface area is 365 Å². The number of nitrogens with zero attached hydrogens (tertiary/aromatic N) is 1. The molecule has 0 bridgehead atoms. The van der Waals surface area contributed by atoms with Crippen molar-refractivity contribution in [1.82, 2.24) is 0 Å². The maximum Gasteiger partial charge on any atom is 0.143 e. The first-order valence-corrected chi connectivity index (χ1v) is 21.4. The van der Waals surface area contributed by atoms with Crippen LogP contribution in [0.25, 0.3) is 99.5 Å². The van der Waals surface area contributed by atoms with Gasteiger partial charge in [0.2, 0.25) is 0 Å². The van der Waals surface area contributed by atoms with Crippen LogP contribution < -0.4 is 4.90 Å². The Hall–Kier alpha value is -8.40. The Bertz CT molecular complexity index is 3580. The van der Waals surface area contributed by atoms with Crippen molar-refractivity contribution in [3.63, 3.8) is 0 Å². The fraction of sp³-hybridized carbons (Fsp3) is 0. The number of fused-ring (bicyclic) bond motifs is 6. The van der Waals surface area contributed by atoms with Crippen LogP contribution in [-0.2, 0) is 0 Å². The summed E-state index contributed by atoms with van der Waals surface area (Å²) in [6, 6.07) is 84.0. The number of hydrogen-bond acceptors (Lipinski definition) is 3. The molecule has 12 rings (SSSR count). The van der Waals surface area contributed by atoms with Gasteiger partial charge in [-0.25, -0.2) is 0 Å². The Kier molecular flexibility index (Phi) is 8.83. The van der Waals surface area contributed by atoms with Gasteiger partial charge in [-0.2, -0.15) is 0 Å². The van der Waals surface area contributed by atoms with Gasteiger partial charge in [-0.1, -0.05) is 170 Å².